The van der Waals surface area contributed by atoms with Crippen molar-refractivity contribution in [1.29, 1.82) is 0 Å². The Bertz CT molecular complexity index is 376. The van der Waals surface area contributed by atoms with Gasteiger partial charge in [0, 0.05) is 6.20 Å². The number of fused-ring (bicyclic) bond motifs is 1. The summed E-state index contributed by atoms with van der Waals surface area (Å²) in [7, 11) is 0. The third kappa shape index (κ3) is 1.07. The minimum atomic E-state index is 1.14. The van der Waals surface area contributed by atoms with Gasteiger partial charge < -0.3 is 0 Å². The smallest absolute Gasteiger partial charge is 0.0661 e. The fraction of sp³-hybridized carbons (Fsp3) is 0.300. The maximum absolute atomic E-state index is 4.29. The molecule has 1 aromatic heterocycles. The molecule has 0 radical (unpaired) electrons. The van der Waals surface area contributed by atoms with Crippen molar-refractivity contribution in [3.05, 3.63) is 28.4 Å². The van der Waals surface area contributed by atoms with E-state index in [9.17, 15) is 0 Å². The number of rotatable bonds is 0. The lowest BCUT2D eigenvalue weighted by molar-refractivity contribution is 1.06. The standard InChI is InChI=1S/C10H11N/c1-8-6-7-11-10-5-3-2-4-9(8)10/h4-7H,2-3H2,1H3. The Morgan fingerprint density at radius 1 is 1.27 bits per heavy atom. The highest BCUT2D eigenvalue weighted by Gasteiger charge is 1.95. The van der Waals surface area contributed by atoms with E-state index in [1.165, 1.54) is 17.2 Å². The maximum Gasteiger partial charge on any atom is 0.0661 e. The first-order valence-electron chi connectivity index (χ1n) is 4.00. The second-order valence-corrected chi connectivity index (χ2v) is 2.91. The van der Waals surface area contributed by atoms with Gasteiger partial charge in [0.2, 0.25) is 0 Å². The second-order valence-electron chi connectivity index (χ2n) is 2.91. The molecule has 56 valence electrons. The number of hydrogen-bond acceptors (Lipinski definition) is 1. The number of hydrogen-bond donors (Lipinski definition) is 0. The molecule has 0 atom stereocenters. The van der Waals surface area contributed by atoms with Crippen LogP contribution in [0.2, 0.25) is 0 Å². The molecule has 0 saturated carbocycles. The average Bonchev–Trinajstić information content (AvgIpc) is 2.06. The minimum absolute atomic E-state index is 1.14. The third-order valence-corrected chi connectivity index (χ3v) is 2.09. The van der Waals surface area contributed by atoms with Crippen LogP contribution >= 0.6 is 0 Å². The topological polar surface area (TPSA) is 12.9 Å². The minimum Gasteiger partial charge on any atom is -0.257 e. The first kappa shape index (κ1) is 6.59. The summed E-state index contributed by atoms with van der Waals surface area (Å²) in [5.74, 6) is 0. The van der Waals surface area contributed by atoms with Crippen LogP contribution in [0, 0.1) is 6.92 Å². The summed E-state index contributed by atoms with van der Waals surface area (Å²) in [6.45, 7) is 2.14. The third-order valence-electron chi connectivity index (χ3n) is 2.09. The van der Waals surface area contributed by atoms with Crippen LogP contribution in [-0.4, -0.2) is 4.98 Å². The van der Waals surface area contributed by atoms with E-state index >= 15 is 0 Å². The number of pyridine rings is 1. The number of nitrogens with zero attached hydrogens (tertiary/aromatic N) is 1. The van der Waals surface area contributed by atoms with Crippen LogP contribution in [0.5, 0.6) is 0 Å². The molecule has 0 aliphatic heterocycles. The molecule has 1 nitrogen and oxygen atoms in total. The molecule has 0 amide bonds. The van der Waals surface area contributed by atoms with Gasteiger partial charge in [-0.15, -0.1) is 0 Å². The SMILES string of the molecule is Cc1ccnc2c1=CCCC=2. The lowest BCUT2D eigenvalue weighted by Gasteiger charge is -2.00. The van der Waals surface area contributed by atoms with E-state index in [4.69, 9.17) is 0 Å². The van der Waals surface area contributed by atoms with Crippen LogP contribution in [0.4, 0.5) is 0 Å². The van der Waals surface area contributed by atoms with E-state index in [2.05, 4.69) is 30.1 Å². The van der Waals surface area contributed by atoms with Gasteiger partial charge in [0.05, 0.1) is 5.35 Å². The zero-order valence-electron chi connectivity index (χ0n) is 6.67. The van der Waals surface area contributed by atoms with E-state index in [-0.39, 0.29) is 0 Å². The summed E-state index contributed by atoms with van der Waals surface area (Å²) in [5.41, 5.74) is 1.34. The zero-order valence-corrected chi connectivity index (χ0v) is 6.67. The Morgan fingerprint density at radius 3 is 2.91 bits per heavy atom. The molecular formula is C10H11N. The van der Waals surface area contributed by atoms with Gasteiger partial charge in [-0.2, -0.15) is 0 Å². The van der Waals surface area contributed by atoms with Crippen molar-refractivity contribution in [2.24, 2.45) is 0 Å². The molecule has 0 N–H and O–H groups in total. The molecule has 1 heteroatoms. The van der Waals surface area contributed by atoms with E-state index in [0.29, 0.717) is 0 Å². The van der Waals surface area contributed by atoms with Crippen LogP contribution < -0.4 is 10.6 Å². The number of aryl methyl sites for hydroxylation is 1. The van der Waals surface area contributed by atoms with Gasteiger partial charge in [0.1, 0.15) is 0 Å². The van der Waals surface area contributed by atoms with Crippen LogP contribution in [0.3, 0.4) is 0 Å². The Morgan fingerprint density at radius 2 is 2.09 bits per heavy atom. The van der Waals surface area contributed by atoms with Crippen molar-refractivity contribution in [3.63, 3.8) is 0 Å². The van der Waals surface area contributed by atoms with Crippen LogP contribution in [0.25, 0.3) is 12.2 Å². The normalized spacial score (nSPS) is 14.6. The Kier molecular flexibility index (Phi) is 1.50. The quantitative estimate of drug-likeness (QED) is 0.525. The predicted octanol–water partition coefficient (Wildman–Crippen LogP) is 0.745. The first-order valence-corrected chi connectivity index (χ1v) is 4.00. The fourth-order valence-electron chi connectivity index (χ4n) is 1.47. The first-order chi connectivity index (χ1) is 5.38. The summed E-state index contributed by atoms with van der Waals surface area (Å²) in [4.78, 5) is 4.29. The molecule has 1 aliphatic carbocycles. The van der Waals surface area contributed by atoms with Crippen LogP contribution in [-0.2, 0) is 0 Å². The van der Waals surface area contributed by atoms with Crippen molar-refractivity contribution in [1.82, 2.24) is 4.98 Å². The molecule has 0 aromatic carbocycles. The predicted molar refractivity (Wildman–Crippen MR) is 46.4 cm³/mol. The molecule has 0 spiro atoms. The van der Waals surface area contributed by atoms with Crippen molar-refractivity contribution in [3.8, 4) is 0 Å². The maximum atomic E-state index is 4.29. The second kappa shape index (κ2) is 2.50. The van der Waals surface area contributed by atoms with Gasteiger partial charge in [-0.25, -0.2) is 0 Å². The summed E-state index contributed by atoms with van der Waals surface area (Å²) in [6, 6.07) is 2.06. The summed E-state index contributed by atoms with van der Waals surface area (Å²) < 4.78 is 0. The molecule has 0 unspecified atom stereocenters. The zero-order chi connectivity index (χ0) is 7.68. The van der Waals surface area contributed by atoms with Crippen LogP contribution in [0.1, 0.15) is 18.4 Å². The molecule has 0 fully saturated rings. The lowest BCUT2D eigenvalue weighted by atomic mass is 10.1. The van der Waals surface area contributed by atoms with E-state index < -0.39 is 0 Å². The Balaban J connectivity index is 2.88. The van der Waals surface area contributed by atoms with Gasteiger partial charge >= 0.3 is 0 Å². The van der Waals surface area contributed by atoms with Gasteiger partial charge in [-0.1, -0.05) is 12.2 Å². The molecule has 1 aliphatic rings. The van der Waals surface area contributed by atoms with Crippen molar-refractivity contribution < 1.29 is 0 Å². The van der Waals surface area contributed by atoms with Crippen LogP contribution in [0.15, 0.2) is 12.3 Å². The lowest BCUT2D eigenvalue weighted by Crippen LogP contribution is -2.31. The van der Waals surface area contributed by atoms with Gasteiger partial charge in [-0.05, 0) is 36.6 Å². The van der Waals surface area contributed by atoms with Gasteiger partial charge in [0.25, 0.3) is 0 Å². The molecule has 11 heavy (non-hydrogen) atoms. The van der Waals surface area contributed by atoms with Crippen molar-refractivity contribution >= 4 is 12.2 Å². The molecule has 1 heterocycles. The summed E-state index contributed by atoms with van der Waals surface area (Å²) in [5, 5.41) is 2.50. The van der Waals surface area contributed by atoms with Gasteiger partial charge in [0.15, 0.2) is 0 Å². The molecule has 0 saturated heterocycles. The highest BCUT2D eigenvalue weighted by atomic mass is 14.6. The van der Waals surface area contributed by atoms with E-state index in [1.54, 1.807) is 0 Å². The average molecular weight is 145 g/mol. The monoisotopic (exact) mass is 145 g/mol. The largest absolute Gasteiger partial charge is 0.257 e. The highest BCUT2D eigenvalue weighted by Crippen LogP contribution is 1.95. The highest BCUT2D eigenvalue weighted by molar-refractivity contribution is 5.37. The van der Waals surface area contributed by atoms with Crippen molar-refractivity contribution in [2.75, 3.05) is 0 Å². The number of aromatic nitrogens is 1. The summed E-state index contributed by atoms with van der Waals surface area (Å²) >= 11 is 0. The Hall–Kier alpha value is -1.11. The van der Waals surface area contributed by atoms with E-state index in [0.717, 1.165) is 11.8 Å². The van der Waals surface area contributed by atoms with Gasteiger partial charge in [-0.3, -0.25) is 4.98 Å². The molecule has 0 bridgehead atoms. The van der Waals surface area contributed by atoms with Crippen molar-refractivity contribution in [2.45, 2.75) is 19.8 Å². The molecule has 2 rings (SSSR count). The fourth-order valence-corrected chi connectivity index (χ4v) is 1.47. The molecular weight excluding hydrogens is 134 g/mol. The molecule has 1 aromatic rings. The Labute approximate surface area is 66.1 Å². The van der Waals surface area contributed by atoms with E-state index in [1.807, 2.05) is 6.20 Å². The summed E-state index contributed by atoms with van der Waals surface area (Å²) in [6.07, 6.45) is 8.67.